The van der Waals surface area contributed by atoms with E-state index in [0.717, 1.165) is 19.0 Å². The summed E-state index contributed by atoms with van der Waals surface area (Å²) in [6.45, 7) is 1.99. The maximum Gasteiger partial charge on any atom is 0.230 e. The van der Waals surface area contributed by atoms with Gasteiger partial charge in [0, 0.05) is 37.0 Å². The Morgan fingerprint density at radius 2 is 1.97 bits per heavy atom. The SMILES string of the molecule is COc1ccc(-c2cc(Nc3ccnc(N4CCC5(CCC5)CC4)n3)on2)c(F)c1. The summed E-state index contributed by atoms with van der Waals surface area (Å²) in [5, 5.41) is 7.07. The molecule has 1 aromatic carbocycles. The summed E-state index contributed by atoms with van der Waals surface area (Å²) >= 11 is 0. The molecule has 7 nitrogen and oxygen atoms in total. The van der Waals surface area contributed by atoms with Crippen LogP contribution in [-0.2, 0) is 0 Å². The van der Waals surface area contributed by atoms with E-state index in [9.17, 15) is 4.39 Å². The van der Waals surface area contributed by atoms with Gasteiger partial charge in [0.1, 0.15) is 23.1 Å². The number of benzene rings is 1. The van der Waals surface area contributed by atoms with E-state index < -0.39 is 5.82 Å². The number of nitrogens with one attached hydrogen (secondary N) is 1. The highest BCUT2D eigenvalue weighted by atomic mass is 19.1. The van der Waals surface area contributed by atoms with Crippen LogP contribution in [0.25, 0.3) is 11.3 Å². The summed E-state index contributed by atoms with van der Waals surface area (Å²) in [5.41, 5.74) is 1.32. The van der Waals surface area contributed by atoms with Gasteiger partial charge in [-0.3, -0.25) is 0 Å². The second-order valence-corrected chi connectivity index (χ2v) is 8.13. The van der Waals surface area contributed by atoms with Crippen LogP contribution in [0.2, 0.25) is 0 Å². The van der Waals surface area contributed by atoms with Gasteiger partial charge >= 0.3 is 0 Å². The standard InChI is InChI=1S/C22H24FN5O2/c1-29-15-3-4-16(17(23)13-15)18-14-20(30-27-18)25-19-5-10-24-21(26-19)28-11-8-22(9-12-28)6-2-7-22/h3-5,10,13-14H,2,6-9,11-12H2,1H3,(H,24,25,26). The lowest BCUT2D eigenvalue weighted by Gasteiger charge is -2.48. The minimum Gasteiger partial charge on any atom is -0.497 e. The molecule has 1 N–H and O–H groups in total. The number of nitrogens with zero attached hydrogens (tertiary/aromatic N) is 4. The first-order chi connectivity index (χ1) is 14.6. The molecule has 0 atom stereocenters. The van der Waals surface area contributed by atoms with Crippen molar-refractivity contribution in [1.82, 2.24) is 15.1 Å². The summed E-state index contributed by atoms with van der Waals surface area (Å²) in [6, 6.07) is 8.04. The van der Waals surface area contributed by atoms with Gasteiger partial charge in [0.2, 0.25) is 11.8 Å². The van der Waals surface area contributed by atoms with E-state index in [1.807, 2.05) is 0 Å². The molecule has 2 aromatic heterocycles. The Balaban J connectivity index is 1.28. The number of hydrogen-bond donors (Lipinski definition) is 1. The molecule has 0 radical (unpaired) electrons. The molecule has 3 aromatic rings. The molecule has 0 amide bonds. The topological polar surface area (TPSA) is 76.3 Å². The van der Waals surface area contributed by atoms with Gasteiger partial charge in [0.25, 0.3) is 0 Å². The van der Waals surface area contributed by atoms with Gasteiger partial charge in [-0.05, 0) is 49.3 Å². The van der Waals surface area contributed by atoms with Crippen LogP contribution in [0.4, 0.5) is 22.0 Å². The maximum absolute atomic E-state index is 14.3. The maximum atomic E-state index is 14.3. The lowest BCUT2D eigenvalue weighted by atomic mass is 9.63. The van der Waals surface area contributed by atoms with Gasteiger partial charge in [-0.2, -0.15) is 4.98 Å². The summed E-state index contributed by atoms with van der Waals surface area (Å²) in [6.07, 6.45) is 8.27. The second kappa shape index (κ2) is 7.59. The zero-order valence-corrected chi connectivity index (χ0v) is 16.9. The zero-order chi connectivity index (χ0) is 20.6. The number of halogens is 1. The number of aromatic nitrogens is 3. The number of rotatable bonds is 5. The van der Waals surface area contributed by atoms with Gasteiger partial charge in [0.05, 0.1) is 7.11 Å². The van der Waals surface area contributed by atoms with E-state index in [0.29, 0.717) is 34.1 Å². The third-order valence-corrected chi connectivity index (χ3v) is 6.38. The quantitative estimate of drug-likeness (QED) is 0.649. The molecule has 0 unspecified atom stereocenters. The molecule has 2 aliphatic rings. The van der Waals surface area contributed by atoms with Crippen LogP contribution in [0.1, 0.15) is 32.1 Å². The van der Waals surface area contributed by atoms with Crippen LogP contribution in [0.3, 0.4) is 0 Å². The lowest BCUT2D eigenvalue weighted by molar-refractivity contribution is 0.0951. The van der Waals surface area contributed by atoms with Gasteiger partial charge < -0.3 is 19.5 Å². The minimum absolute atomic E-state index is 0.342. The lowest BCUT2D eigenvalue weighted by Crippen LogP contribution is -2.44. The number of ether oxygens (including phenoxy) is 1. The molecule has 5 rings (SSSR count). The summed E-state index contributed by atoms with van der Waals surface area (Å²) in [5.74, 6) is 1.74. The highest BCUT2D eigenvalue weighted by molar-refractivity contribution is 5.65. The Labute approximate surface area is 174 Å². The van der Waals surface area contributed by atoms with Crippen molar-refractivity contribution < 1.29 is 13.7 Å². The van der Waals surface area contributed by atoms with E-state index in [1.54, 1.807) is 30.5 Å². The first-order valence-corrected chi connectivity index (χ1v) is 10.3. The summed E-state index contributed by atoms with van der Waals surface area (Å²) in [7, 11) is 1.50. The molecule has 1 aliphatic heterocycles. The molecular formula is C22H24FN5O2. The molecule has 0 bridgehead atoms. The van der Waals surface area contributed by atoms with E-state index in [2.05, 4.69) is 25.3 Å². The van der Waals surface area contributed by atoms with Crippen molar-refractivity contribution in [3.05, 3.63) is 42.3 Å². The van der Waals surface area contributed by atoms with Crippen molar-refractivity contribution in [2.45, 2.75) is 32.1 Å². The van der Waals surface area contributed by atoms with Crippen molar-refractivity contribution in [2.75, 3.05) is 30.4 Å². The third kappa shape index (κ3) is 3.58. The Morgan fingerprint density at radius 1 is 1.13 bits per heavy atom. The number of piperidine rings is 1. The normalized spacial score (nSPS) is 17.6. The van der Waals surface area contributed by atoms with Crippen LogP contribution in [0, 0.1) is 11.2 Å². The van der Waals surface area contributed by atoms with Crippen LogP contribution >= 0.6 is 0 Å². The summed E-state index contributed by atoms with van der Waals surface area (Å²) < 4.78 is 24.7. The zero-order valence-electron chi connectivity index (χ0n) is 16.9. The van der Waals surface area contributed by atoms with Gasteiger partial charge in [-0.25, -0.2) is 9.37 Å². The smallest absolute Gasteiger partial charge is 0.230 e. The summed E-state index contributed by atoms with van der Waals surface area (Å²) in [4.78, 5) is 11.3. The van der Waals surface area contributed by atoms with E-state index in [1.165, 1.54) is 45.3 Å². The fraction of sp³-hybridized carbons (Fsp3) is 0.409. The molecule has 3 heterocycles. The molecule has 156 valence electrons. The van der Waals surface area contributed by atoms with E-state index in [-0.39, 0.29) is 0 Å². The van der Waals surface area contributed by atoms with Crippen molar-refractivity contribution >= 4 is 17.7 Å². The Morgan fingerprint density at radius 3 is 2.67 bits per heavy atom. The average Bonchev–Trinajstić information content (AvgIpc) is 3.21. The number of methoxy groups -OCH3 is 1. The minimum atomic E-state index is -0.423. The average molecular weight is 409 g/mol. The van der Waals surface area contributed by atoms with Gasteiger partial charge in [-0.1, -0.05) is 11.6 Å². The van der Waals surface area contributed by atoms with Crippen LogP contribution in [0.5, 0.6) is 5.75 Å². The number of anilines is 3. The Hall–Kier alpha value is -3.16. The fourth-order valence-corrected chi connectivity index (χ4v) is 4.35. The van der Waals surface area contributed by atoms with E-state index >= 15 is 0 Å². The second-order valence-electron chi connectivity index (χ2n) is 8.13. The van der Waals surface area contributed by atoms with Crippen LogP contribution in [0.15, 0.2) is 41.1 Å². The predicted molar refractivity (Wildman–Crippen MR) is 111 cm³/mol. The first kappa shape index (κ1) is 18.8. The highest BCUT2D eigenvalue weighted by Gasteiger charge is 2.39. The predicted octanol–water partition coefficient (Wildman–Crippen LogP) is 4.79. The molecule has 8 heteroatoms. The van der Waals surface area contributed by atoms with Crippen molar-refractivity contribution in [3.8, 4) is 17.0 Å². The molecule has 30 heavy (non-hydrogen) atoms. The number of hydrogen-bond acceptors (Lipinski definition) is 7. The molecule has 2 fully saturated rings. The van der Waals surface area contributed by atoms with Gasteiger partial charge in [-0.15, -0.1) is 0 Å². The fourth-order valence-electron chi connectivity index (χ4n) is 4.35. The Bertz CT molecular complexity index is 1040. The molecular weight excluding hydrogens is 385 g/mol. The van der Waals surface area contributed by atoms with Crippen molar-refractivity contribution in [2.24, 2.45) is 5.41 Å². The highest BCUT2D eigenvalue weighted by Crippen LogP contribution is 2.49. The monoisotopic (exact) mass is 409 g/mol. The molecule has 1 spiro atoms. The first-order valence-electron chi connectivity index (χ1n) is 10.3. The van der Waals surface area contributed by atoms with Gasteiger partial charge in [0.15, 0.2) is 0 Å². The molecule has 1 saturated heterocycles. The van der Waals surface area contributed by atoms with E-state index in [4.69, 9.17) is 9.26 Å². The van der Waals surface area contributed by atoms with Crippen molar-refractivity contribution in [1.29, 1.82) is 0 Å². The third-order valence-electron chi connectivity index (χ3n) is 6.38. The Kier molecular flexibility index (Phi) is 4.77. The van der Waals surface area contributed by atoms with Crippen LogP contribution < -0.4 is 15.0 Å². The van der Waals surface area contributed by atoms with Crippen LogP contribution in [-0.4, -0.2) is 35.3 Å². The largest absolute Gasteiger partial charge is 0.497 e. The molecule has 1 aliphatic carbocycles. The molecule has 1 saturated carbocycles. The van der Waals surface area contributed by atoms with Crippen molar-refractivity contribution in [3.63, 3.8) is 0 Å².